The van der Waals surface area contributed by atoms with Crippen molar-refractivity contribution in [1.29, 1.82) is 0 Å². The van der Waals surface area contributed by atoms with Crippen LogP contribution in [0.25, 0.3) is 0 Å². The molecule has 1 unspecified atom stereocenters. The molecule has 1 fully saturated rings. The van der Waals surface area contributed by atoms with E-state index in [4.69, 9.17) is 0 Å². The van der Waals surface area contributed by atoms with Gasteiger partial charge in [-0.25, -0.2) is 0 Å². The van der Waals surface area contributed by atoms with Crippen molar-refractivity contribution < 1.29 is 4.79 Å². The van der Waals surface area contributed by atoms with Crippen molar-refractivity contribution in [3.05, 3.63) is 35.4 Å². The zero-order chi connectivity index (χ0) is 11.5. The van der Waals surface area contributed by atoms with Gasteiger partial charge in [0.1, 0.15) is 0 Å². The normalized spacial score (nSPS) is 20.9. The van der Waals surface area contributed by atoms with Gasteiger partial charge in [-0.2, -0.15) is 0 Å². The first-order valence-corrected chi connectivity index (χ1v) is 5.72. The maximum atomic E-state index is 11.3. The van der Waals surface area contributed by atoms with Gasteiger partial charge in [-0.05, 0) is 12.5 Å². The van der Waals surface area contributed by atoms with Gasteiger partial charge in [0.05, 0.1) is 0 Å². The highest BCUT2D eigenvalue weighted by Crippen LogP contribution is 2.18. The van der Waals surface area contributed by atoms with E-state index < -0.39 is 0 Å². The SMILES string of the molecule is CC(=O)N1CCNC(c2cccc(C)c2)C1. The lowest BCUT2D eigenvalue weighted by Gasteiger charge is -2.33. The fraction of sp³-hybridized carbons (Fsp3) is 0.462. The number of benzene rings is 1. The Hall–Kier alpha value is -1.35. The van der Waals surface area contributed by atoms with Gasteiger partial charge in [-0.1, -0.05) is 29.8 Å². The molecule has 3 heteroatoms. The van der Waals surface area contributed by atoms with Crippen LogP contribution < -0.4 is 5.32 Å². The van der Waals surface area contributed by atoms with Crippen LogP contribution in [0.1, 0.15) is 24.1 Å². The lowest BCUT2D eigenvalue weighted by atomic mass is 10.0. The fourth-order valence-electron chi connectivity index (χ4n) is 2.15. The third-order valence-electron chi connectivity index (χ3n) is 3.07. The summed E-state index contributed by atoms with van der Waals surface area (Å²) in [6.45, 7) is 6.20. The molecule has 16 heavy (non-hydrogen) atoms. The molecule has 1 aliphatic rings. The van der Waals surface area contributed by atoms with Crippen LogP contribution in [0, 0.1) is 6.92 Å². The number of piperazine rings is 1. The minimum atomic E-state index is 0.166. The third-order valence-corrected chi connectivity index (χ3v) is 3.07. The van der Waals surface area contributed by atoms with Crippen molar-refractivity contribution in [1.82, 2.24) is 10.2 Å². The average Bonchev–Trinajstić information content (AvgIpc) is 2.29. The number of hydrogen-bond acceptors (Lipinski definition) is 2. The topological polar surface area (TPSA) is 32.3 Å². The Morgan fingerprint density at radius 2 is 2.31 bits per heavy atom. The van der Waals surface area contributed by atoms with Crippen molar-refractivity contribution in [3.63, 3.8) is 0 Å². The Morgan fingerprint density at radius 1 is 1.50 bits per heavy atom. The van der Waals surface area contributed by atoms with E-state index in [-0.39, 0.29) is 11.9 Å². The molecule has 0 aliphatic carbocycles. The van der Waals surface area contributed by atoms with E-state index in [1.54, 1.807) is 6.92 Å². The first-order chi connectivity index (χ1) is 7.66. The Kier molecular flexibility index (Phi) is 3.25. The number of carbonyl (C=O) groups excluding carboxylic acids is 1. The maximum absolute atomic E-state index is 11.3. The molecule has 0 radical (unpaired) electrons. The van der Waals surface area contributed by atoms with E-state index >= 15 is 0 Å². The quantitative estimate of drug-likeness (QED) is 0.774. The number of amides is 1. The van der Waals surface area contributed by atoms with Crippen molar-refractivity contribution in [2.24, 2.45) is 0 Å². The summed E-state index contributed by atoms with van der Waals surface area (Å²) in [6, 6.07) is 8.74. The maximum Gasteiger partial charge on any atom is 0.219 e. The van der Waals surface area contributed by atoms with Gasteiger partial charge >= 0.3 is 0 Å². The van der Waals surface area contributed by atoms with E-state index in [0.29, 0.717) is 0 Å². The van der Waals surface area contributed by atoms with Crippen molar-refractivity contribution in [2.45, 2.75) is 19.9 Å². The van der Waals surface area contributed by atoms with Crippen LogP contribution in [-0.2, 0) is 4.79 Å². The summed E-state index contributed by atoms with van der Waals surface area (Å²) in [4.78, 5) is 13.2. The van der Waals surface area contributed by atoms with Crippen LogP contribution in [0.4, 0.5) is 0 Å². The largest absolute Gasteiger partial charge is 0.340 e. The van der Waals surface area contributed by atoms with E-state index in [9.17, 15) is 4.79 Å². The molecule has 0 bridgehead atoms. The van der Waals surface area contributed by atoms with Gasteiger partial charge in [0.15, 0.2) is 0 Å². The van der Waals surface area contributed by atoms with Crippen LogP contribution in [0.2, 0.25) is 0 Å². The zero-order valence-corrected chi connectivity index (χ0v) is 9.86. The third kappa shape index (κ3) is 2.42. The van der Waals surface area contributed by atoms with Crippen LogP contribution >= 0.6 is 0 Å². The summed E-state index contributed by atoms with van der Waals surface area (Å²) in [5.74, 6) is 0.166. The highest BCUT2D eigenvalue weighted by molar-refractivity contribution is 5.73. The summed E-state index contributed by atoms with van der Waals surface area (Å²) < 4.78 is 0. The van der Waals surface area contributed by atoms with Gasteiger partial charge in [0.25, 0.3) is 0 Å². The summed E-state index contributed by atoms with van der Waals surface area (Å²) in [7, 11) is 0. The van der Waals surface area contributed by atoms with Gasteiger partial charge in [-0.3, -0.25) is 4.79 Å². The summed E-state index contributed by atoms with van der Waals surface area (Å²) >= 11 is 0. The predicted molar refractivity (Wildman–Crippen MR) is 64.2 cm³/mol. The molecule has 1 amide bonds. The molecule has 0 saturated carbocycles. The predicted octanol–water partition coefficient (Wildman–Crippen LogP) is 1.49. The molecule has 3 nitrogen and oxygen atoms in total. The molecule has 1 heterocycles. The molecule has 1 aliphatic heterocycles. The first-order valence-electron chi connectivity index (χ1n) is 5.72. The number of hydrogen-bond donors (Lipinski definition) is 1. The van der Waals surface area contributed by atoms with Gasteiger partial charge in [0.2, 0.25) is 5.91 Å². The monoisotopic (exact) mass is 218 g/mol. The Labute approximate surface area is 96.5 Å². The highest BCUT2D eigenvalue weighted by Gasteiger charge is 2.21. The number of nitrogens with one attached hydrogen (secondary N) is 1. The van der Waals surface area contributed by atoms with Crippen LogP contribution in [-0.4, -0.2) is 30.4 Å². The standard InChI is InChI=1S/C13H18N2O/c1-10-4-3-5-12(8-10)13-9-15(11(2)16)7-6-14-13/h3-5,8,13-14H,6-7,9H2,1-2H3. The summed E-state index contributed by atoms with van der Waals surface area (Å²) in [5.41, 5.74) is 2.53. The van der Waals surface area contributed by atoms with Gasteiger partial charge < -0.3 is 10.2 Å². The second-order valence-corrected chi connectivity index (χ2v) is 4.39. The Morgan fingerprint density at radius 3 is 3.00 bits per heavy atom. The molecule has 86 valence electrons. The van der Waals surface area contributed by atoms with Crippen molar-refractivity contribution in [3.8, 4) is 0 Å². The van der Waals surface area contributed by atoms with Gasteiger partial charge in [0, 0.05) is 32.6 Å². The molecule has 1 saturated heterocycles. The molecule has 1 aromatic carbocycles. The second kappa shape index (κ2) is 4.66. The lowest BCUT2D eigenvalue weighted by Crippen LogP contribution is -2.47. The summed E-state index contributed by atoms with van der Waals surface area (Å²) in [6.07, 6.45) is 0. The van der Waals surface area contributed by atoms with Crippen LogP contribution in [0.15, 0.2) is 24.3 Å². The number of rotatable bonds is 1. The molecule has 1 aromatic rings. The van der Waals surface area contributed by atoms with E-state index in [2.05, 4.69) is 36.5 Å². The van der Waals surface area contributed by atoms with E-state index in [1.165, 1.54) is 11.1 Å². The smallest absolute Gasteiger partial charge is 0.219 e. The molecule has 0 spiro atoms. The second-order valence-electron chi connectivity index (χ2n) is 4.39. The van der Waals surface area contributed by atoms with Gasteiger partial charge in [-0.15, -0.1) is 0 Å². The summed E-state index contributed by atoms with van der Waals surface area (Å²) in [5, 5.41) is 3.45. The number of nitrogens with zero attached hydrogens (tertiary/aromatic N) is 1. The molecular weight excluding hydrogens is 200 g/mol. The Bertz CT molecular complexity index is 389. The lowest BCUT2D eigenvalue weighted by molar-refractivity contribution is -0.130. The molecular formula is C13H18N2O. The first kappa shape index (κ1) is 11.1. The van der Waals surface area contributed by atoms with Crippen molar-refractivity contribution in [2.75, 3.05) is 19.6 Å². The average molecular weight is 218 g/mol. The zero-order valence-electron chi connectivity index (χ0n) is 9.86. The molecule has 2 rings (SSSR count). The van der Waals surface area contributed by atoms with Crippen LogP contribution in [0.5, 0.6) is 0 Å². The molecule has 0 aromatic heterocycles. The van der Waals surface area contributed by atoms with Crippen molar-refractivity contribution >= 4 is 5.91 Å². The molecule has 1 N–H and O–H groups in total. The highest BCUT2D eigenvalue weighted by atomic mass is 16.2. The minimum Gasteiger partial charge on any atom is -0.340 e. The van der Waals surface area contributed by atoms with E-state index in [1.807, 2.05) is 4.90 Å². The Balaban J connectivity index is 2.12. The fourth-order valence-corrected chi connectivity index (χ4v) is 2.15. The molecule has 1 atom stereocenters. The number of carbonyl (C=O) groups is 1. The minimum absolute atomic E-state index is 0.166. The number of aryl methyl sites for hydroxylation is 1. The van der Waals surface area contributed by atoms with E-state index in [0.717, 1.165) is 19.6 Å². The van der Waals surface area contributed by atoms with Crippen LogP contribution in [0.3, 0.4) is 0 Å².